The molecular weight excluding hydrogens is 360 g/mol. The van der Waals surface area contributed by atoms with E-state index < -0.39 is 60.5 Å². The van der Waals surface area contributed by atoms with E-state index in [1.165, 1.54) is 0 Å². The molecule has 1 aliphatic carbocycles. The number of amides is 1. The van der Waals surface area contributed by atoms with E-state index in [4.69, 9.17) is 19.9 Å². The van der Waals surface area contributed by atoms with Gasteiger partial charge >= 0.3 is 0 Å². The summed E-state index contributed by atoms with van der Waals surface area (Å²) in [7, 11) is 3.27. The molecular formula is C16H30N4O7. The molecule has 2 aliphatic heterocycles. The fraction of sp³-hybridized carbons (Fsp3) is 0.938. The molecule has 3 rings (SSSR count). The molecule has 0 aromatic carbocycles. The van der Waals surface area contributed by atoms with Crippen LogP contribution in [0.5, 0.6) is 0 Å². The van der Waals surface area contributed by atoms with Gasteiger partial charge in [0.25, 0.3) is 0 Å². The van der Waals surface area contributed by atoms with Gasteiger partial charge in [0, 0.05) is 0 Å². The van der Waals surface area contributed by atoms with Gasteiger partial charge in [-0.25, -0.2) is 0 Å². The molecule has 0 aromatic rings. The summed E-state index contributed by atoms with van der Waals surface area (Å²) in [4.78, 5) is 11.8. The van der Waals surface area contributed by atoms with Crippen LogP contribution in [0, 0.1) is 0 Å². The van der Waals surface area contributed by atoms with Crippen LogP contribution in [-0.2, 0) is 19.0 Å². The van der Waals surface area contributed by atoms with E-state index in [-0.39, 0.29) is 19.1 Å². The number of nitrogens with two attached hydrogens (primary N) is 1. The SMILES string of the molecule is CN[C@@H]1[C@H](O)[C@H](NC)C2O[C@]3(O)C(OC2[C@H]1O)O[C@H](C)C[C@H]3NC(=O)CN. The summed E-state index contributed by atoms with van der Waals surface area (Å²) in [5, 5.41) is 41.0. The number of ether oxygens (including phenoxy) is 3. The maximum absolute atomic E-state index is 11.8. The molecule has 0 radical (unpaired) electrons. The molecule has 3 unspecified atom stereocenters. The van der Waals surface area contributed by atoms with E-state index in [1.54, 1.807) is 21.0 Å². The van der Waals surface area contributed by atoms with Crippen LogP contribution in [0.1, 0.15) is 13.3 Å². The van der Waals surface area contributed by atoms with Crippen molar-refractivity contribution in [2.45, 2.75) is 74.1 Å². The monoisotopic (exact) mass is 390 g/mol. The van der Waals surface area contributed by atoms with Gasteiger partial charge in [-0.3, -0.25) is 4.79 Å². The van der Waals surface area contributed by atoms with Crippen molar-refractivity contribution in [2.75, 3.05) is 20.6 Å². The highest BCUT2D eigenvalue weighted by molar-refractivity contribution is 5.78. The maximum atomic E-state index is 11.8. The molecule has 8 N–H and O–H groups in total. The number of fused-ring (bicyclic) bond motifs is 2. The van der Waals surface area contributed by atoms with Gasteiger partial charge in [0.2, 0.25) is 18.0 Å². The maximum Gasteiger partial charge on any atom is 0.239 e. The average Bonchev–Trinajstić information content (AvgIpc) is 2.62. The Labute approximate surface area is 157 Å². The first-order valence-corrected chi connectivity index (χ1v) is 9.18. The Balaban J connectivity index is 1.91. The number of rotatable bonds is 4. The Morgan fingerprint density at radius 3 is 2.41 bits per heavy atom. The quantitative estimate of drug-likeness (QED) is 0.251. The summed E-state index contributed by atoms with van der Waals surface area (Å²) < 4.78 is 17.6. The normalized spacial score (nSPS) is 49.8. The van der Waals surface area contributed by atoms with Gasteiger partial charge in [-0.2, -0.15) is 0 Å². The van der Waals surface area contributed by atoms with Crippen LogP contribution < -0.4 is 21.7 Å². The molecule has 11 nitrogen and oxygen atoms in total. The minimum absolute atomic E-state index is 0.236. The molecule has 1 saturated carbocycles. The fourth-order valence-electron chi connectivity index (χ4n) is 4.27. The lowest BCUT2D eigenvalue weighted by Crippen LogP contribution is -2.79. The standard InChI is InChI=1S/C16H30N4O7/c1-6-4-7(20-8(21)5-17)16(24)15(25-6)26-14-12(23)9(18-2)11(22)10(19-3)13(14)27-16/h6-7,9-15,18-19,22-24H,4-5,17H2,1-3H3,(H,20,21)/t6-,7-,9-,10+,11+,12+,13?,14?,15?,16+/m1/s1. The Bertz CT molecular complexity index is 555. The zero-order valence-electron chi connectivity index (χ0n) is 15.7. The third-order valence-electron chi connectivity index (χ3n) is 5.67. The zero-order valence-corrected chi connectivity index (χ0v) is 15.7. The van der Waals surface area contributed by atoms with Crippen molar-refractivity contribution in [1.29, 1.82) is 0 Å². The molecule has 0 bridgehead atoms. The summed E-state index contributed by atoms with van der Waals surface area (Å²) in [6.07, 6.45) is -5.09. The molecule has 11 heteroatoms. The molecule has 3 fully saturated rings. The Morgan fingerprint density at radius 1 is 1.15 bits per heavy atom. The van der Waals surface area contributed by atoms with Crippen molar-refractivity contribution in [3.05, 3.63) is 0 Å². The number of aliphatic hydroxyl groups is 3. The highest BCUT2D eigenvalue weighted by Gasteiger charge is 2.63. The lowest BCUT2D eigenvalue weighted by molar-refractivity contribution is -0.449. The minimum atomic E-state index is -1.99. The predicted octanol–water partition coefficient (Wildman–Crippen LogP) is -4.05. The van der Waals surface area contributed by atoms with Gasteiger partial charge < -0.3 is 51.2 Å². The summed E-state index contributed by atoms with van der Waals surface area (Å²) in [5.41, 5.74) is 5.37. The van der Waals surface area contributed by atoms with E-state index in [0.717, 1.165) is 0 Å². The van der Waals surface area contributed by atoms with Crippen LogP contribution >= 0.6 is 0 Å². The Kier molecular flexibility index (Phi) is 6.06. The fourth-order valence-corrected chi connectivity index (χ4v) is 4.27. The van der Waals surface area contributed by atoms with Gasteiger partial charge in [0.15, 0.2) is 0 Å². The summed E-state index contributed by atoms with van der Waals surface area (Å²) in [6.45, 7) is 1.55. The van der Waals surface area contributed by atoms with Gasteiger partial charge in [0.1, 0.15) is 18.3 Å². The third kappa shape index (κ3) is 3.48. The second kappa shape index (κ2) is 7.85. The van der Waals surface area contributed by atoms with Crippen molar-refractivity contribution in [1.82, 2.24) is 16.0 Å². The minimum Gasteiger partial charge on any atom is -0.390 e. The van der Waals surface area contributed by atoms with Gasteiger partial charge in [-0.05, 0) is 27.4 Å². The molecule has 10 atom stereocenters. The summed E-state index contributed by atoms with van der Waals surface area (Å²) in [6, 6.07) is -2.12. The van der Waals surface area contributed by atoms with Crippen molar-refractivity contribution in [3.63, 3.8) is 0 Å². The van der Waals surface area contributed by atoms with Crippen LogP contribution in [-0.4, -0.2) is 103 Å². The van der Waals surface area contributed by atoms with E-state index in [2.05, 4.69) is 16.0 Å². The second-order valence-electron chi connectivity index (χ2n) is 7.38. The van der Waals surface area contributed by atoms with E-state index in [0.29, 0.717) is 0 Å². The first-order chi connectivity index (χ1) is 12.8. The van der Waals surface area contributed by atoms with Crippen molar-refractivity contribution >= 4 is 5.91 Å². The largest absolute Gasteiger partial charge is 0.390 e. The van der Waals surface area contributed by atoms with E-state index in [9.17, 15) is 20.1 Å². The molecule has 27 heavy (non-hydrogen) atoms. The van der Waals surface area contributed by atoms with Crippen LogP contribution in [0.3, 0.4) is 0 Å². The number of hydrogen-bond donors (Lipinski definition) is 7. The van der Waals surface area contributed by atoms with Crippen LogP contribution in [0.4, 0.5) is 0 Å². The lowest BCUT2D eigenvalue weighted by Gasteiger charge is -2.58. The molecule has 0 spiro atoms. The number of nitrogens with one attached hydrogen (secondary N) is 3. The van der Waals surface area contributed by atoms with Crippen LogP contribution in [0.2, 0.25) is 0 Å². The zero-order chi connectivity index (χ0) is 19.9. The van der Waals surface area contributed by atoms with E-state index >= 15 is 0 Å². The van der Waals surface area contributed by atoms with Crippen molar-refractivity contribution in [3.8, 4) is 0 Å². The third-order valence-corrected chi connectivity index (χ3v) is 5.67. The molecule has 2 saturated heterocycles. The molecule has 1 amide bonds. The number of carbonyl (C=O) groups excluding carboxylic acids is 1. The van der Waals surface area contributed by atoms with E-state index in [1.807, 2.05) is 0 Å². The predicted molar refractivity (Wildman–Crippen MR) is 92.3 cm³/mol. The van der Waals surface area contributed by atoms with Crippen LogP contribution in [0.15, 0.2) is 0 Å². The summed E-state index contributed by atoms with van der Waals surface area (Å²) in [5.74, 6) is -2.43. The second-order valence-corrected chi connectivity index (χ2v) is 7.38. The Hall–Kier alpha value is -0.890. The number of likely N-dealkylation sites (N-methyl/N-ethyl adjacent to an activating group) is 2. The number of hydrogen-bond acceptors (Lipinski definition) is 10. The molecule has 156 valence electrons. The van der Waals surface area contributed by atoms with Crippen LogP contribution in [0.25, 0.3) is 0 Å². The first kappa shape index (κ1) is 20.8. The molecule has 3 aliphatic rings. The molecule has 0 aromatic heterocycles. The highest BCUT2D eigenvalue weighted by atomic mass is 16.8. The van der Waals surface area contributed by atoms with Crippen molar-refractivity contribution < 1.29 is 34.3 Å². The van der Waals surface area contributed by atoms with Gasteiger partial charge in [0.05, 0.1) is 36.9 Å². The average molecular weight is 390 g/mol. The van der Waals surface area contributed by atoms with Crippen molar-refractivity contribution in [2.24, 2.45) is 5.73 Å². The Morgan fingerprint density at radius 2 is 1.81 bits per heavy atom. The topological polar surface area (TPSA) is 168 Å². The van der Waals surface area contributed by atoms with Gasteiger partial charge in [-0.1, -0.05) is 0 Å². The lowest BCUT2D eigenvalue weighted by atomic mass is 9.79. The summed E-state index contributed by atoms with van der Waals surface area (Å²) >= 11 is 0. The first-order valence-electron chi connectivity index (χ1n) is 9.18. The number of carbonyl (C=O) groups is 1. The van der Waals surface area contributed by atoms with Gasteiger partial charge in [-0.15, -0.1) is 0 Å². The number of aliphatic hydroxyl groups excluding tert-OH is 2. The molecule has 2 heterocycles. The smallest absolute Gasteiger partial charge is 0.239 e. The highest BCUT2D eigenvalue weighted by Crippen LogP contribution is 2.41.